The molecule has 0 saturated heterocycles. The molecule has 0 aliphatic carbocycles. The maximum atomic E-state index is 5.86. The van der Waals surface area contributed by atoms with E-state index in [1.54, 1.807) is 0 Å². The summed E-state index contributed by atoms with van der Waals surface area (Å²) in [6, 6.07) is 8.23. The van der Waals surface area contributed by atoms with E-state index in [9.17, 15) is 0 Å². The lowest BCUT2D eigenvalue weighted by atomic mass is 10.1. The van der Waals surface area contributed by atoms with Gasteiger partial charge in [-0.15, -0.1) is 0 Å². The molecule has 0 bridgehead atoms. The number of hydrogen-bond donors (Lipinski definition) is 2. The molecule has 0 amide bonds. The van der Waals surface area contributed by atoms with E-state index in [4.69, 9.17) is 5.73 Å². The van der Waals surface area contributed by atoms with Gasteiger partial charge >= 0.3 is 0 Å². The van der Waals surface area contributed by atoms with Gasteiger partial charge in [0.05, 0.1) is 11.0 Å². The summed E-state index contributed by atoms with van der Waals surface area (Å²) in [5.74, 6) is 2.28. The summed E-state index contributed by atoms with van der Waals surface area (Å²) in [5.41, 5.74) is 8.10. The lowest BCUT2D eigenvalue weighted by Crippen LogP contribution is -2.33. The Labute approximate surface area is 132 Å². The number of nitrogens with one attached hydrogen (secondary N) is 1. The molecule has 1 aromatic heterocycles. The second-order valence-electron chi connectivity index (χ2n) is 6.03. The Hall–Kier alpha value is -2.04. The molecule has 120 valence electrons. The largest absolute Gasteiger partial charge is 0.370 e. The highest BCUT2D eigenvalue weighted by atomic mass is 15.1. The van der Waals surface area contributed by atoms with E-state index < -0.39 is 0 Å². The molecule has 5 heteroatoms. The molecule has 3 N–H and O–H groups in total. The van der Waals surface area contributed by atoms with Crippen molar-refractivity contribution in [3.63, 3.8) is 0 Å². The molecular weight excluding hydrogens is 274 g/mol. The predicted molar refractivity (Wildman–Crippen MR) is 93.0 cm³/mol. The number of benzene rings is 1. The van der Waals surface area contributed by atoms with Crippen LogP contribution < -0.4 is 11.1 Å². The Morgan fingerprint density at radius 2 is 2.14 bits per heavy atom. The fraction of sp³-hybridized carbons (Fsp3) is 0.529. The maximum absolute atomic E-state index is 5.86. The fourth-order valence-electron chi connectivity index (χ4n) is 2.45. The average Bonchev–Trinajstić information content (AvgIpc) is 2.79. The first-order chi connectivity index (χ1) is 10.6. The van der Waals surface area contributed by atoms with Gasteiger partial charge in [-0.25, -0.2) is 4.98 Å². The highest BCUT2D eigenvalue weighted by Gasteiger charge is 2.05. The van der Waals surface area contributed by atoms with Crippen LogP contribution in [-0.4, -0.2) is 28.6 Å². The molecule has 22 heavy (non-hydrogen) atoms. The fourth-order valence-corrected chi connectivity index (χ4v) is 2.45. The van der Waals surface area contributed by atoms with Gasteiger partial charge in [-0.2, -0.15) is 0 Å². The molecule has 0 saturated carbocycles. The van der Waals surface area contributed by atoms with Crippen LogP contribution in [0.15, 0.2) is 29.3 Å². The molecule has 2 rings (SSSR count). The molecular formula is C17H27N5. The third-order valence-corrected chi connectivity index (χ3v) is 3.70. The van der Waals surface area contributed by atoms with Crippen molar-refractivity contribution in [2.75, 3.05) is 13.1 Å². The van der Waals surface area contributed by atoms with E-state index in [0.717, 1.165) is 43.8 Å². The van der Waals surface area contributed by atoms with Gasteiger partial charge in [0.15, 0.2) is 5.96 Å². The van der Waals surface area contributed by atoms with Crippen molar-refractivity contribution in [3.8, 4) is 0 Å². The minimum Gasteiger partial charge on any atom is -0.370 e. The molecule has 0 radical (unpaired) electrons. The molecule has 1 aromatic carbocycles. The van der Waals surface area contributed by atoms with E-state index in [1.807, 2.05) is 19.1 Å². The van der Waals surface area contributed by atoms with Crippen LogP contribution in [0.1, 0.15) is 32.5 Å². The predicted octanol–water partition coefficient (Wildman–Crippen LogP) is 2.69. The van der Waals surface area contributed by atoms with Crippen LogP contribution in [0.2, 0.25) is 0 Å². The van der Waals surface area contributed by atoms with Crippen molar-refractivity contribution in [2.45, 2.75) is 40.2 Å². The Balaban J connectivity index is 1.81. The Morgan fingerprint density at radius 3 is 2.91 bits per heavy atom. The summed E-state index contributed by atoms with van der Waals surface area (Å²) < 4.78 is 2.24. The molecule has 0 unspecified atom stereocenters. The first-order valence-corrected chi connectivity index (χ1v) is 8.03. The van der Waals surface area contributed by atoms with E-state index in [0.29, 0.717) is 11.9 Å². The van der Waals surface area contributed by atoms with Gasteiger partial charge in [-0.05, 0) is 37.8 Å². The number of imidazole rings is 1. The topological polar surface area (TPSA) is 68.2 Å². The molecule has 0 spiro atoms. The first kappa shape index (κ1) is 16.3. The average molecular weight is 301 g/mol. The van der Waals surface area contributed by atoms with E-state index in [1.165, 1.54) is 5.52 Å². The van der Waals surface area contributed by atoms with Gasteiger partial charge < -0.3 is 15.6 Å². The lowest BCUT2D eigenvalue weighted by molar-refractivity contribution is 0.576. The van der Waals surface area contributed by atoms with Crippen molar-refractivity contribution in [1.82, 2.24) is 14.9 Å². The van der Waals surface area contributed by atoms with Crippen LogP contribution in [0.5, 0.6) is 0 Å². The van der Waals surface area contributed by atoms with E-state index in [2.05, 4.69) is 45.8 Å². The number of fused-ring (bicyclic) bond motifs is 1. The quantitative estimate of drug-likeness (QED) is 0.469. The Bertz CT molecular complexity index is 627. The van der Waals surface area contributed by atoms with E-state index >= 15 is 0 Å². The van der Waals surface area contributed by atoms with Gasteiger partial charge in [0.25, 0.3) is 0 Å². The third-order valence-electron chi connectivity index (χ3n) is 3.70. The van der Waals surface area contributed by atoms with Crippen LogP contribution >= 0.6 is 0 Å². The van der Waals surface area contributed by atoms with Crippen LogP contribution in [-0.2, 0) is 6.54 Å². The zero-order valence-corrected chi connectivity index (χ0v) is 13.8. The maximum Gasteiger partial charge on any atom is 0.188 e. The van der Waals surface area contributed by atoms with Crippen molar-refractivity contribution >= 4 is 17.0 Å². The van der Waals surface area contributed by atoms with Gasteiger partial charge in [0, 0.05) is 19.6 Å². The van der Waals surface area contributed by atoms with Crippen LogP contribution in [0, 0.1) is 12.8 Å². The number of para-hydroxylation sites is 2. The van der Waals surface area contributed by atoms with E-state index in [-0.39, 0.29) is 0 Å². The number of aromatic nitrogens is 2. The van der Waals surface area contributed by atoms with Crippen molar-refractivity contribution < 1.29 is 0 Å². The Morgan fingerprint density at radius 1 is 1.36 bits per heavy atom. The molecule has 2 aromatic rings. The number of aryl methyl sites for hydroxylation is 2. The number of guanidine groups is 1. The van der Waals surface area contributed by atoms with Gasteiger partial charge in [-0.1, -0.05) is 26.0 Å². The highest BCUT2D eigenvalue weighted by Crippen LogP contribution is 2.15. The molecule has 0 fully saturated rings. The van der Waals surface area contributed by atoms with Crippen molar-refractivity contribution in [1.29, 1.82) is 0 Å². The SMILES string of the molecule is Cc1nc2ccccc2n1CCCN=C(N)NCCC(C)C. The summed E-state index contributed by atoms with van der Waals surface area (Å²) in [7, 11) is 0. The smallest absolute Gasteiger partial charge is 0.188 e. The van der Waals surface area contributed by atoms with Gasteiger partial charge in [0.2, 0.25) is 0 Å². The number of rotatable bonds is 7. The first-order valence-electron chi connectivity index (χ1n) is 8.03. The lowest BCUT2D eigenvalue weighted by Gasteiger charge is -2.08. The highest BCUT2D eigenvalue weighted by molar-refractivity contribution is 5.77. The minimum absolute atomic E-state index is 0.549. The third kappa shape index (κ3) is 4.48. The number of aliphatic imine (C=N–C) groups is 1. The molecule has 0 aliphatic rings. The van der Waals surface area contributed by atoms with Gasteiger partial charge in [-0.3, -0.25) is 4.99 Å². The minimum atomic E-state index is 0.549. The number of hydrogen-bond acceptors (Lipinski definition) is 2. The number of nitrogens with two attached hydrogens (primary N) is 1. The Kier molecular flexibility index (Phi) is 5.81. The summed E-state index contributed by atoms with van der Waals surface area (Å²) in [6.07, 6.45) is 2.06. The normalized spacial score (nSPS) is 12.3. The molecule has 1 heterocycles. The summed E-state index contributed by atoms with van der Waals surface area (Å²) in [4.78, 5) is 8.95. The summed E-state index contributed by atoms with van der Waals surface area (Å²) in [6.45, 7) is 8.98. The second-order valence-corrected chi connectivity index (χ2v) is 6.03. The standard InChI is InChI=1S/C17H27N5/c1-13(2)9-11-20-17(18)19-10-6-12-22-14(3)21-15-7-4-5-8-16(15)22/h4-5,7-8,13H,6,9-12H2,1-3H3,(H3,18,19,20). The molecule has 0 aliphatic heterocycles. The van der Waals surface area contributed by atoms with Crippen molar-refractivity contribution in [3.05, 3.63) is 30.1 Å². The zero-order valence-electron chi connectivity index (χ0n) is 13.8. The van der Waals surface area contributed by atoms with Gasteiger partial charge in [0.1, 0.15) is 5.82 Å². The molecule has 0 atom stereocenters. The van der Waals surface area contributed by atoms with Crippen LogP contribution in [0.3, 0.4) is 0 Å². The summed E-state index contributed by atoms with van der Waals surface area (Å²) in [5, 5.41) is 3.16. The zero-order chi connectivity index (χ0) is 15.9. The summed E-state index contributed by atoms with van der Waals surface area (Å²) >= 11 is 0. The number of nitrogens with zero attached hydrogens (tertiary/aromatic N) is 3. The van der Waals surface area contributed by atoms with Crippen molar-refractivity contribution in [2.24, 2.45) is 16.6 Å². The molecule has 5 nitrogen and oxygen atoms in total. The van der Waals surface area contributed by atoms with Crippen LogP contribution in [0.4, 0.5) is 0 Å². The van der Waals surface area contributed by atoms with Crippen LogP contribution in [0.25, 0.3) is 11.0 Å². The monoisotopic (exact) mass is 301 g/mol. The second kappa shape index (κ2) is 7.82.